The molecule has 0 aliphatic heterocycles. The van der Waals surface area contributed by atoms with E-state index in [-0.39, 0.29) is 6.04 Å². The van der Waals surface area contributed by atoms with Gasteiger partial charge in [0.05, 0.1) is 28.0 Å². The van der Waals surface area contributed by atoms with Crippen molar-refractivity contribution in [1.82, 2.24) is 15.4 Å². The number of hydrogen-bond acceptors (Lipinski definition) is 5. The Morgan fingerprint density at radius 2 is 1.95 bits per heavy atom. The predicted molar refractivity (Wildman–Crippen MR) is 87.1 cm³/mol. The Balaban J connectivity index is 1.90. The van der Waals surface area contributed by atoms with E-state index in [9.17, 15) is 0 Å². The van der Waals surface area contributed by atoms with Crippen molar-refractivity contribution < 1.29 is 0 Å². The third-order valence-corrected chi connectivity index (χ3v) is 4.72. The first-order valence-corrected chi connectivity index (χ1v) is 7.74. The van der Waals surface area contributed by atoms with E-state index in [0.717, 1.165) is 33.7 Å². The third kappa shape index (κ3) is 2.95. The molecular formula is C16H18N4S. The smallest absolute Gasteiger partial charge is 0.0950 e. The summed E-state index contributed by atoms with van der Waals surface area (Å²) in [6, 6.07) is 12.2. The molecule has 1 atom stereocenters. The maximum absolute atomic E-state index is 5.73. The van der Waals surface area contributed by atoms with Crippen molar-refractivity contribution in [2.24, 2.45) is 5.84 Å². The minimum absolute atomic E-state index is 0.0282. The van der Waals surface area contributed by atoms with Crippen LogP contribution in [0.25, 0.3) is 10.9 Å². The van der Waals surface area contributed by atoms with Crippen molar-refractivity contribution in [3.8, 4) is 0 Å². The summed E-state index contributed by atoms with van der Waals surface area (Å²) in [5.41, 5.74) is 5.89. The molecule has 0 radical (unpaired) electrons. The van der Waals surface area contributed by atoms with Gasteiger partial charge in [0.1, 0.15) is 0 Å². The van der Waals surface area contributed by atoms with Crippen LogP contribution in [0.15, 0.2) is 36.4 Å². The monoisotopic (exact) mass is 298 g/mol. The number of hydrogen-bond donors (Lipinski definition) is 2. The normalized spacial score (nSPS) is 12.7. The number of rotatable bonds is 4. The van der Waals surface area contributed by atoms with Crippen LogP contribution in [0.1, 0.15) is 27.3 Å². The number of aromatic nitrogens is 2. The number of benzene rings is 1. The van der Waals surface area contributed by atoms with Crippen LogP contribution in [-0.2, 0) is 6.42 Å². The summed E-state index contributed by atoms with van der Waals surface area (Å²) in [6.45, 7) is 4.13. The van der Waals surface area contributed by atoms with Gasteiger partial charge in [0.15, 0.2) is 0 Å². The summed E-state index contributed by atoms with van der Waals surface area (Å²) in [6.07, 6.45) is 0.751. The molecule has 0 aliphatic carbocycles. The fourth-order valence-corrected chi connectivity index (χ4v) is 3.31. The van der Waals surface area contributed by atoms with Gasteiger partial charge in [0, 0.05) is 16.7 Å². The summed E-state index contributed by atoms with van der Waals surface area (Å²) >= 11 is 1.72. The molecule has 5 heteroatoms. The molecule has 0 saturated heterocycles. The summed E-state index contributed by atoms with van der Waals surface area (Å²) < 4.78 is 0. The molecule has 0 spiro atoms. The number of pyridine rings is 1. The molecule has 0 aliphatic rings. The van der Waals surface area contributed by atoms with E-state index in [1.807, 2.05) is 31.2 Å². The zero-order valence-electron chi connectivity index (χ0n) is 12.1. The lowest BCUT2D eigenvalue weighted by atomic mass is 10.1. The summed E-state index contributed by atoms with van der Waals surface area (Å²) in [4.78, 5) is 10.5. The van der Waals surface area contributed by atoms with Crippen molar-refractivity contribution in [3.05, 3.63) is 57.7 Å². The van der Waals surface area contributed by atoms with Crippen LogP contribution in [0.5, 0.6) is 0 Å². The minimum Gasteiger partial charge on any atom is -0.271 e. The molecule has 0 fully saturated rings. The first-order chi connectivity index (χ1) is 10.2. The molecule has 0 amide bonds. The van der Waals surface area contributed by atoms with Crippen LogP contribution in [0.4, 0.5) is 0 Å². The Kier molecular flexibility index (Phi) is 3.96. The fourth-order valence-electron chi connectivity index (χ4n) is 2.33. The second kappa shape index (κ2) is 5.89. The standard InChI is InChI=1S/C16H18N4S/c1-10-11(2)21-16(18-10)9-15(20-17)14-8-7-12-5-3-4-6-13(12)19-14/h3-8,15,20H,9,17H2,1-2H3. The van der Waals surface area contributed by atoms with Crippen LogP contribution in [0.2, 0.25) is 0 Å². The topological polar surface area (TPSA) is 63.8 Å². The van der Waals surface area contributed by atoms with E-state index >= 15 is 0 Å². The zero-order chi connectivity index (χ0) is 14.8. The Hall–Kier alpha value is -1.82. The van der Waals surface area contributed by atoms with Crippen molar-refractivity contribution in [2.75, 3.05) is 0 Å². The summed E-state index contributed by atoms with van der Waals surface area (Å²) in [5, 5.41) is 2.22. The molecule has 3 aromatic rings. The molecule has 21 heavy (non-hydrogen) atoms. The first kappa shape index (κ1) is 14.1. The SMILES string of the molecule is Cc1nc(CC(NN)c2ccc3ccccc3n2)sc1C. The average Bonchev–Trinajstić information content (AvgIpc) is 2.82. The molecule has 3 N–H and O–H groups in total. The Labute approximate surface area is 128 Å². The van der Waals surface area contributed by atoms with Gasteiger partial charge in [-0.3, -0.25) is 16.3 Å². The average molecular weight is 298 g/mol. The molecule has 2 heterocycles. The number of para-hydroxylation sites is 1. The van der Waals surface area contributed by atoms with Crippen LogP contribution in [0, 0.1) is 13.8 Å². The van der Waals surface area contributed by atoms with Gasteiger partial charge in [-0.25, -0.2) is 4.98 Å². The molecule has 0 bridgehead atoms. The first-order valence-electron chi connectivity index (χ1n) is 6.92. The highest BCUT2D eigenvalue weighted by Gasteiger charge is 2.15. The highest BCUT2D eigenvalue weighted by Crippen LogP contribution is 2.23. The quantitative estimate of drug-likeness (QED) is 0.574. The number of aryl methyl sites for hydroxylation is 2. The molecular weight excluding hydrogens is 280 g/mol. The number of nitrogens with one attached hydrogen (secondary N) is 1. The van der Waals surface area contributed by atoms with Gasteiger partial charge in [-0.15, -0.1) is 11.3 Å². The molecule has 1 unspecified atom stereocenters. The van der Waals surface area contributed by atoms with Crippen molar-refractivity contribution in [3.63, 3.8) is 0 Å². The largest absolute Gasteiger partial charge is 0.271 e. The van der Waals surface area contributed by atoms with Crippen LogP contribution in [-0.4, -0.2) is 9.97 Å². The van der Waals surface area contributed by atoms with E-state index in [2.05, 4.69) is 29.5 Å². The lowest BCUT2D eigenvalue weighted by Crippen LogP contribution is -2.30. The molecule has 108 valence electrons. The Bertz CT molecular complexity index is 746. The number of nitrogens with two attached hydrogens (primary N) is 1. The van der Waals surface area contributed by atoms with Crippen LogP contribution in [0.3, 0.4) is 0 Å². The lowest BCUT2D eigenvalue weighted by Gasteiger charge is -2.14. The maximum Gasteiger partial charge on any atom is 0.0950 e. The van der Waals surface area contributed by atoms with Crippen LogP contribution >= 0.6 is 11.3 Å². The Morgan fingerprint density at radius 3 is 2.67 bits per heavy atom. The van der Waals surface area contributed by atoms with E-state index in [1.165, 1.54) is 4.88 Å². The van der Waals surface area contributed by atoms with E-state index in [4.69, 9.17) is 10.8 Å². The molecule has 3 rings (SSSR count). The van der Waals surface area contributed by atoms with Gasteiger partial charge < -0.3 is 0 Å². The lowest BCUT2D eigenvalue weighted by molar-refractivity contribution is 0.538. The minimum atomic E-state index is -0.0282. The summed E-state index contributed by atoms with van der Waals surface area (Å²) in [5.74, 6) is 5.73. The third-order valence-electron chi connectivity index (χ3n) is 3.63. The van der Waals surface area contributed by atoms with Gasteiger partial charge >= 0.3 is 0 Å². The van der Waals surface area contributed by atoms with Gasteiger partial charge in [0.2, 0.25) is 0 Å². The van der Waals surface area contributed by atoms with Gasteiger partial charge in [-0.2, -0.15) is 0 Å². The van der Waals surface area contributed by atoms with Crippen molar-refractivity contribution in [2.45, 2.75) is 26.3 Å². The second-order valence-corrected chi connectivity index (χ2v) is 6.39. The molecule has 1 aromatic carbocycles. The zero-order valence-corrected chi connectivity index (χ0v) is 12.9. The van der Waals surface area contributed by atoms with Gasteiger partial charge in [-0.1, -0.05) is 24.3 Å². The number of fused-ring (bicyclic) bond motifs is 1. The van der Waals surface area contributed by atoms with Gasteiger partial charge in [0.25, 0.3) is 0 Å². The molecule has 2 aromatic heterocycles. The maximum atomic E-state index is 5.73. The second-order valence-electron chi connectivity index (χ2n) is 5.10. The number of thiazole rings is 1. The highest BCUT2D eigenvalue weighted by molar-refractivity contribution is 7.11. The highest BCUT2D eigenvalue weighted by atomic mass is 32.1. The van der Waals surface area contributed by atoms with E-state index in [1.54, 1.807) is 11.3 Å². The van der Waals surface area contributed by atoms with Crippen molar-refractivity contribution in [1.29, 1.82) is 0 Å². The van der Waals surface area contributed by atoms with E-state index in [0.29, 0.717) is 0 Å². The Morgan fingerprint density at radius 1 is 1.14 bits per heavy atom. The van der Waals surface area contributed by atoms with Crippen molar-refractivity contribution >= 4 is 22.2 Å². The predicted octanol–water partition coefficient (Wildman–Crippen LogP) is 3.06. The van der Waals surface area contributed by atoms with Gasteiger partial charge in [-0.05, 0) is 26.0 Å². The molecule has 0 saturated carbocycles. The molecule has 4 nitrogen and oxygen atoms in total. The summed E-state index contributed by atoms with van der Waals surface area (Å²) in [7, 11) is 0. The number of nitrogens with zero attached hydrogens (tertiary/aromatic N) is 2. The van der Waals surface area contributed by atoms with Crippen LogP contribution < -0.4 is 11.3 Å². The number of hydrazine groups is 1. The fraction of sp³-hybridized carbons (Fsp3) is 0.250. The van der Waals surface area contributed by atoms with E-state index < -0.39 is 0 Å².